The molecule has 3 rings (SSSR count). The summed E-state index contributed by atoms with van der Waals surface area (Å²) in [4.78, 5) is 25.6. The normalized spacial score (nSPS) is 11.9. The molecular weight excluding hydrogens is 486 g/mol. The molecule has 0 radical (unpaired) electrons. The number of thioether (sulfide) groups is 1. The summed E-state index contributed by atoms with van der Waals surface area (Å²) < 4.78 is 7.07. The van der Waals surface area contributed by atoms with Gasteiger partial charge in [-0.15, -0.1) is 16.8 Å². The molecule has 0 bridgehead atoms. The van der Waals surface area contributed by atoms with E-state index < -0.39 is 0 Å². The average Bonchev–Trinajstić information content (AvgIpc) is 3.28. The van der Waals surface area contributed by atoms with Crippen molar-refractivity contribution in [2.45, 2.75) is 51.4 Å². The molecule has 1 aromatic heterocycles. The molecule has 2 N–H and O–H groups in total. The minimum atomic E-state index is -0.385. The summed E-state index contributed by atoms with van der Waals surface area (Å²) in [5.74, 6) is 1.60. The number of ether oxygens (including phenoxy) is 1. The van der Waals surface area contributed by atoms with Crippen molar-refractivity contribution in [3.8, 4) is 5.75 Å². The minimum Gasteiger partial charge on any atom is -0.497 e. The van der Waals surface area contributed by atoms with Gasteiger partial charge in [0.2, 0.25) is 5.91 Å². The Hall–Kier alpha value is -3.59. The largest absolute Gasteiger partial charge is 0.497 e. The van der Waals surface area contributed by atoms with Crippen LogP contribution in [0.1, 0.15) is 61.4 Å². The number of amides is 2. The van der Waals surface area contributed by atoms with Crippen LogP contribution in [0.2, 0.25) is 0 Å². The van der Waals surface area contributed by atoms with Crippen LogP contribution in [-0.4, -0.2) is 39.4 Å². The zero-order valence-corrected chi connectivity index (χ0v) is 22.8. The van der Waals surface area contributed by atoms with Gasteiger partial charge in [0.1, 0.15) is 5.75 Å². The monoisotopic (exact) mass is 521 g/mol. The van der Waals surface area contributed by atoms with Gasteiger partial charge in [0.15, 0.2) is 11.0 Å². The van der Waals surface area contributed by atoms with Crippen LogP contribution in [-0.2, 0) is 11.3 Å². The third-order valence-electron chi connectivity index (χ3n) is 5.83. The molecule has 1 atom stereocenters. The predicted molar refractivity (Wildman–Crippen MR) is 148 cm³/mol. The lowest BCUT2D eigenvalue weighted by molar-refractivity contribution is -0.113. The fraction of sp³-hybridized carbons (Fsp3) is 0.357. The molecule has 3 aromatic rings. The molecule has 196 valence electrons. The molecule has 9 heteroatoms. The molecular formula is C28H35N5O3S. The first kappa shape index (κ1) is 28.0. The molecule has 0 saturated carbocycles. The number of rotatable bonds is 12. The number of carbonyl (C=O) groups is 2. The Balaban J connectivity index is 1.71. The molecule has 0 spiro atoms. The van der Waals surface area contributed by atoms with Crippen molar-refractivity contribution in [1.29, 1.82) is 0 Å². The Morgan fingerprint density at radius 2 is 1.73 bits per heavy atom. The third kappa shape index (κ3) is 7.45. The van der Waals surface area contributed by atoms with E-state index in [1.807, 2.05) is 42.7 Å². The fourth-order valence-corrected chi connectivity index (χ4v) is 4.47. The average molecular weight is 522 g/mol. The summed E-state index contributed by atoms with van der Waals surface area (Å²) in [6.07, 6.45) is 1.75. The Bertz CT molecular complexity index is 1200. The van der Waals surface area contributed by atoms with E-state index in [1.54, 1.807) is 37.5 Å². The van der Waals surface area contributed by atoms with Crippen molar-refractivity contribution in [2.75, 3.05) is 18.2 Å². The van der Waals surface area contributed by atoms with Gasteiger partial charge in [-0.3, -0.25) is 9.59 Å². The van der Waals surface area contributed by atoms with Crippen LogP contribution in [0.3, 0.4) is 0 Å². The molecule has 0 aliphatic carbocycles. The van der Waals surface area contributed by atoms with Crippen molar-refractivity contribution in [3.05, 3.63) is 78.1 Å². The molecule has 1 heterocycles. The standard InChI is InChI=1S/C28H35N5O3S/c1-7-16-33-26(25(19(4)5)30-27(35)21-10-14-23(36-6)15-11-21)31-32-28(33)37-17-24(34)29-22-12-8-20(9-13-22)18(2)3/h7-15,18-19,25H,1,16-17H2,2-6H3,(H,29,34)(H,30,35). The van der Waals surface area contributed by atoms with E-state index in [0.717, 1.165) is 5.69 Å². The van der Waals surface area contributed by atoms with Gasteiger partial charge in [-0.25, -0.2) is 0 Å². The number of aromatic nitrogens is 3. The summed E-state index contributed by atoms with van der Waals surface area (Å²) in [5.41, 5.74) is 2.49. The molecule has 0 saturated heterocycles. The molecule has 0 aliphatic rings. The summed E-state index contributed by atoms with van der Waals surface area (Å²) in [5, 5.41) is 15.3. The van der Waals surface area contributed by atoms with E-state index in [2.05, 4.69) is 41.3 Å². The van der Waals surface area contributed by atoms with Crippen LogP contribution in [0.15, 0.2) is 66.3 Å². The highest BCUT2D eigenvalue weighted by Crippen LogP contribution is 2.26. The van der Waals surface area contributed by atoms with Crippen LogP contribution >= 0.6 is 11.8 Å². The van der Waals surface area contributed by atoms with Gasteiger partial charge in [-0.05, 0) is 53.8 Å². The minimum absolute atomic E-state index is 0.0462. The molecule has 0 fully saturated rings. The summed E-state index contributed by atoms with van der Waals surface area (Å²) in [6.45, 7) is 12.6. The number of nitrogens with zero attached hydrogens (tertiary/aromatic N) is 3. The first-order valence-corrected chi connectivity index (χ1v) is 13.2. The highest BCUT2D eigenvalue weighted by atomic mass is 32.2. The van der Waals surface area contributed by atoms with Gasteiger partial charge in [-0.1, -0.05) is 57.7 Å². The van der Waals surface area contributed by atoms with E-state index >= 15 is 0 Å². The Morgan fingerprint density at radius 3 is 2.30 bits per heavy atom. The first-order valence-electron chi connectivity index (χ1n) is 12.2. The number of anilines is 1. The van der Waals surface area contributed by atoms with Crippen LogP contribution in [0.25, 0.3) is 0 Å². The summed E-state index contributed by atoms with van der Waals surface area (Å²) in [6, 6.07) is 14.4. The number of nitrogens with one attached hydrogen (secondary N) is 2. The Labute approximate surface area is 222 Å². The van der Waals surface area contributed by atoms with E-state index in [9.17, 15) is 9.59 Å². The first-order chi connectivity index (χ1) is 17.7. The smallest absolute Gasteiger partial charge is 0.251 e. The van der Waals surface area contributed by atoms with Gasteiger partial charge in [0.25, 0.3) is 5.91 Å². The van der Waals surface area contributed by atoms with Crippen molar-refractivity contribution in [2.24, 2.45) is 5.92 Å². The van der Waals surface area contributed by atoms with Crippen molar-refractivity contribution in [1.82, 2.24) is 20.1 Å². The van der Waals surface area contributed by atoms with Crippen LogP contribution in [0, 0.1) is 5.92 Å². The number of carbonyl (C=O) groups excluding carboxylic acids is 2. The highest BCUT2D eigenvalue weighted by molar-refractivity contribution is 7.99. The Morgan fingerprint density at radius 1 is 1.05 bits per heavy atom. The lowest BCUT2D eigenvalue weighted by atomic mass is 10.0. The number of allylic oxidation sites excluding steroid dienone is 1. The molecule has 0 aliphatic heterocycles. The van der Waals surface area contributed by atoms with Crippen molar-refractivity contribution in [3.63, 3.8) is 0 Å². The van der Waals surface area contributed by atoms with E-state index in [4.69, 9.17) is 4.74 Å². The third-order valence-corrected chi connectivity index (χ3v) is 6.80. The van der Waals surface area contributed by atoms with Crippen LogP contribution < -0.4 is 15.4 Å². The number of hydrogen-bond donors (Lipinski definition) is 2. The van der Waals surface area contributed by atoms with Gasteiger partial charge < -0.3 is 19.9 Å². The number of benzene rings is 2. The van der Waals surface area contributed by atoms with Gasteiger partial charge in [0, 0.05) is 17.8 Å². The van der Waals surface area contributed by atoms with Crippen LogP contribution in [0.4, 0.5) is 5.69 Å². The van der Waals surface area contributed by atoms with Gasteiger partial charge in [0.05, 0.1) is 18.9 Å². The highest BCUT2D eigenvalue weighted by Gasteiger charge is 2.26. The van der Waals surface area contributed by atoms with E-state index in [0.29, 0.717) is 34.8 Å². The Kier molecular flexibility index (Phi) is 9.91. The second-order valence-corrected chi connectivity index (χ2v) is 10.2. The molecule has 2 aromatic carbocycles. The van der Waals surface area contributed by atoms with E-state index in [-0.39, 0.29) is 29.5 Å². The van der Waals surface area contributed by atoms with Crippen molar-refractivity contribution >= 4 is 29.3 Å². The lowest BCUT2D eigenvalue weighted by Gasteiger charge is -2.22. The maximum atomic E-state index is 13.0. The number of methoxy groups -OCH3 is 1. The second kappa shape index (κ2) is 13.1. The van der Waals surface area contributed by atoms with Crippen molar-refractivity contribution < 1.29 is 14.3 Å². The quantitative estimate of drug-likeness (QED) is 0.243. The molecule has 1 unspecified atom stereocenters. The molecule has 8 nitrogen and oxygen atoms in total. The summed E-state index contributed by atoms with van der Waals surface area (Å²) >= 11 is 1.29. The fourth-order valence-electron chi connectivity index (χ4n) is 3.71. The topological polar surface area (TPSA) is 98.1 Å². The number of hydrogen-bond acceptors (Lipinski definition) is 6. The zero-order chi connectivity index (χ0) is 26.9. The lowest BCUT2D eigenvalue weighted by Crippen LogP contribution is -2.33. The van der Waals surface area contributed by atoms with Gasteiger partial charge in [-0.2, -0.15) is 0 Å². The zero-order valence-electron chi connectivity index (χ0n) is 22.0. The molecule has 2 amide bonds. The second-order valence-electron chi connectivity index (χ2n) is 9.28. The predicted octanol–water partition coefficient (Wildman–Crippen LogP) is 5.45. The van der Waals surface area contributed by atoms with Gasteiger partial charge >= 0.3 is 0 Å². The SMILES string of the molecule is C=CCn1c(SCC(=O)Nc2ccc(C(C)C)cc2)nnc1C(NC(=O)c1ccc(OC)cc1)C(C)C. The summed E-state index contributed by atoms with van der Waals surface area (Å²) in [7, 11) is 1.58. The van der Waals surface area contributed by atoms with Crippen LogP contribution in [0.5, 0.6) is 5.75 Å². The van der Waals surface area contributed by atoms with E-state index in [1.165, 1.54) is 17.3 Å². The maximum Gasteiger partial charge on any atom is 0.251 e. The maximum absolute atomic E-state index is 13.0. The molecule has 37 heavy (non-hydrogen) atoms.